The molecule has 6 nitrogen and oxygen atoms in total. The number of hydrogen-bond donors (Lipinski definition) is 0. The molecule has 1 atom stereocenters. The normalized spacial score (nSPS) is 20.2. The average Bonchev–Trinajstić information content (AvgIpc) is 2.71. The van der Waals surface area contributed by atoms with Crippen LogP contribution in [-0.4, -0.2) is 38.2 Å². The number of carbonyl (C=O) groups excluding carboxylic acids is 1. The van der Waals surface area contributed by atoms with Crippen LogP contribution in [0.3, 0.4) is 0 Å². The second-order valence-electron chi connectivity index (χ2n) is 3.85. The van der Waals surface area contributed by atoms with E-state index in [2.05, 4.69) is 4.98 Å². The minimum absolute atomic E-state index is 0.223. The van der Waals surface area contributed by atoms with Crippen molar-refractivity contribution in [1.29, 1.82) is 0 Å². The summed E-state index contributed by atoms with van der Waals surface area (Å²) in [6.45, 7) is -0.223. The van der Waals surface area contributed by atoms with Crippen molar-refractivity contribution >= 4 is 21.8 Å². The number of anilines is 1. The van der Waals surface area contributed by atoms with Gasteiger partial charge in [-0.15, -0.1) is 3.89 Å². The fourth-order valence-corrected chi connectivity index (χ4v) is 2.51. The topological polar surface area (TPSA) is 76.6 Å². The van der Waals surface area contributed by atoms with Crippen LogP contribution in [0.1, 0.15) is 6.42 Å². The van der Waals surface area contributed by atoms with E-state index in [4.69, 9.17) is 4.74 Å². The van der Waals surface area contributed by atoms with Gasteiger partial charge in [-0.25, -0.2) is 0 Å². The lowest BCUT2D eigenvalue weighted by Gasteiger charge is -2.18. The lowest BCUT2D eigenvalue weighted by Crippen LogP contribution is -2.27. The van der Waals surface area contributed by atoms with Gasteiger partial charge >= 0.3 is 10.2 Å². The molecule has 1 saturated heterocycles. The van der Waals surface area contributed by atoms with Crippen molar-refractivity contribution in [2.24, 2.45) is 0 Å². The van der Waals surface area contributed by atoms with Crippen LogP contribution in [0.25, 0.3) is 0 Å². The quantitative estimate of drug-likeness (QED) is 0.750. The fourth-order valence-electron chi connectivity index (χ4n) is 1.84. The third-order valence-corrected chi connectivity index (χ3v) is 3.87. The first-order chi connectivity index (χ1) is 8.43. The molecule has 2 rings (SSSR count). The summed E-state index contributed by atoms with van der Waals surface area (Å²) in [4.78, 5) is 16.7. The predicted molar refractivity (Wildman–Crippen MR) is 61.6 cm³/mol. The Morgan fingerprint density at radius 1 is 1.56 bits per heavy atom. The van der Waals surface area contributed by atoms with Crippen LogP contribution >= 0.6 is 0 Å². The number of hydrogen-bond acceptors (Lipinski definition) is 5. The van der Waals surface area contributed by atoms with Crippen LogP contribution < -0.4 is 9.64 Å². The Morgan fingerprint density at radius 3 is 2.83 bits per heavy atom. The van der Waals surface area contributed by atoms with E-state index in [1.165, 1.54) is 24.4 Å². The van der Waals surface area contributed by atoms with Gasteiger partial charge in [0, 0.05) is 25.2 Å². The van der Waals surface area contributed by atoms with Gasteiger partial charge in [-0.1, -0.05) is 0 Å². The highest BCUT2D eigenvalue weighted by Crippen LogP contribution is 2.32. The molecule has 0 spiro atoms. The second kappa shape index (κ2) is 4.52. The fraction of sp³-hybridized carbons (Fsp3) is 0.400. The Balaban J connectivity index is 2.33. The van der Waals surface area contributed by atoms with Crippen LogP contribution in [0.5, 0.6) is 5.75 Å². The molecule has 0 aliphatic carbocycles. The maximum atomic E-state index is 12.9. The van der Waals surface area contributed by atoms with Gasteiger partial charge in [0.1, 0.15) is 16.7 Å². The monoisotopic (exact) mass is 274 g/mol. The number of carbonyl (C=O) groups is 1. The molecule has 0 N–H and O–H groups in total. The highest BCUT2D eigenvalue weighted by Gasteiger charge is 2.39. The smallest absolute Gasteiger partial charge is 0.307 e. The van der Waals surface area contributed by atoms with Crippen molar-refractivity contribution in [3.05, 3.63) is 18.5 Å². The van der Waals surface area contributed by atoms with E-state index in [1.54, 1.807) is 6.07 Å². The van der Waals surface area contributed by atoms with Crippen molar-refractivity contribution in [3.8, 4) is 5.75 Å². The number of pyridine rings is 1. The van der Waals surface area contributed by atoms with Gasteiger partial charge in [-0.2, -0.15) is 8.42 Å². The van der Waals surface area contributed by atoms with Crippen LogP contribution in [0, 0.1) is 0 Å². The van der Waals surface area contributed by atoms with Crippen molar-refractivity contribution < 1.29 is 21.8 Å². The number of ether oxygens (including phenoxy) is 1. The lowest BCUT2D eigenvalue weighted by atomic mass is 10.3. The van der Waals surface area contributed by atoms with E-state index in [-0.39, 0.29) is 13.0 Å². The molecule has 1 unspecified atom stereocenters. The molecular weight excluding hydrogens is 263 g/mol. The first-order valence-corrected chi connectivity index (χ1v) is 6.60. The number of amides is 1. The minimum Gasteiger partial charge on any atom is -0.494 e. The van der Waals surface area contributed by atoms with Crippen LogP contribution in [-0.2, 0) is 15.0 Å². The van der Waals surface area contributed by atoms with Crippen molar-refractivity contribution in [2.45, 2.75) is 11.7 Å². The summed E-state index contributed by atoms with van der Waals surface area (Å²) in [6, 6.07) is 1.54. The number of halogens is 1. The lowest BCUT2D eigenvalue weighted by molar-refractivity contribution is -0.117. The van der Waals surface area contributed by atoms with E-state index >= 15 is 0 Å². The summed E-state index contributed by atoms with van der Waals surface area (Å²) in [5.41, 5.74) is 0.344. The van der Waals surface area contributed by atoms with Crippen molar-refractivity contribution in [3.63, 3.8) is 0 Å². The summed E-state index contributed by atoms with van der Waals surface area (Å²) < 4.78 is 39.6. The second-order valence-corrected chi connectivity index (χ2v) is 5.47. The summed E-state index contributed by atoms with van der Waals surface area (Å²) in [7, 11) is -3.30. The zero-order valence-electron chi connectivity index (χ0n) is 9.54. The molecule has 0 radical (unpaired) electrons. The first-order valence-electron chi connectivity index (χ1n) is 5.15. The highest BCUT2D eigenvalue weighted by molar-refractivity contribution is 7.87. The zero-order valence-corrected chi connectivity index (χ0v) is 10.4. The van der Waals surface area contributed by atoms with Crippen LogP contribution in [0.2, 0.25) is 0 Å². The molecule has 18 heavy (non-hydrogen) atoms. The third kappa shape index (κ3) is 2.28. The van der Waals surface area contributed by atoms with Gasteiger partial charge in [-0.3, -0.25) is 9.78 Å². The predicted octanol–water partition coefficient (Wildman–Crippen LogP) is 0.495. The molecule has 0 aromatic carbocycles. The van der Waals surface area contributed by atoms with Crippen molar-refractivity contribution in [2.75, 3.05) is 18.6 Å². The van der Waals surface area contributed by atoms with Gasteiger partial charge in [-0.05, 0) is 0 Å². The molecule has 98 valence electrons. The maximum Gasteiger partial charge on any atom is 0.307 e. The molecule has 1 aromatic rings. The van der Waals surface area contributed by atoms with Gasteiger partial charge in [0.25, 0.3) is 0 Å². The van der Waals surface area contributed by atoms with E-state index in [0.29, 0.717) is 11.4 Å². The molecular formula is C10H11FN2O4S. The Kier molecular flexibility index (Phi) is 3.20. The van der Waals surface area contributed by atoms with E-state index in [0.717, 1.165) is 0 Å². The molecule has 1 aromatic heterocycles. The maximum absolute atomic E-state index is 12.9. The Hall–Kier alpha value is -1.70. The third-order valence-electron chi connectivity index (χ3n) is 2.76. The largest absolute Gasteiger partial charge is 0.494 e. The zero-order chi connectivity index (χ0) is 13.3. The SMILES string of the molecule is COc1ccncc1N1CC(S(=O)(=O)F)CC1=O. The number of rotatable bonds is 3. The summed E-state index contributed by atoms with van der Waals surface area (Å²) in [5.74, 6) is -0.0808. The highest BCUT2D eigenvalue weighted by atomic mass is 32.3. The Bertz CT molecular complexity index is 575. The summed E-state index contributed by atoms with van der Waals surface area (Å²) in [6.07, 6.45) is 2.49. The molecule has 2 heterocycles. The van der Waals surface area contributed by atoms with E-state index in [1.807, 2.05) is 0 Å². The van der Waals surface area contributed by atoms with E-state index < -0.39 is 21.4 Å². The first kappa shape index (κ1) is 12.7. The van der Waals surface area contributed by atoms with Gasteiger partial charge in [0.05, 0.1) is 13.3 Å². The van der Waals surface area contributed by atoms with Crippen LogP contribution in [0.15, 0.2) is 18.5 Å². The molecule has 1 amide bonds. The molecule has 1 aliphatic heterocycles. The van der Waals surface area contributed by atoms with Crippen molar-refractivity contribution in [1.82, 2.24) is 4.98 Å². The number of nitrogens with zero attached hydrogens (tertiary/aromatic N) is 2. The molecule has 0 bridgehead atoms. The van der Waals surface area contributed by atoms with E-state index in [9.17, 15) is 17.1 Å². The van der Waals surface area contributed by atoms with Gasteiger partial charge < -0.3 is 9.64 Å². The summed E-state index contributed by atoms with van der Waals surface area (Å²) in [5, 5.41) is -1.32. The Morgan fingerprint density at radius 2 is 2.28 bits per heavy atom. The minimum atomic E-state index is -4.72. The molecule has 0 saturated carbocycles. The van der Waals surface area contributed by atoms with Gasteiger partial charge in [0.15, 0.2) is 0 Å². The summed E-state index contributed by atoms with van der Waals surface area (Å²) >= 11 is 0. The van der Waals surface area contributed by atoms with Crippen LogP contribution in [0.4, 0.5) is 9.57 Å². The number of aromatic nitrogens is 1. The molecule has 1 aliphatic rings. The molecule has 1 fully saturated rings. The number of methoxy groups -OCH3 is 1. The van der Waals surface area contributed by atoms with Gasteiger partial charge in [0.2, 0.25) is 5.91 Å². The Labute approximate surface area is 104 Å². The molecule has 8 heteroatoms. The average molecular weight is 274 g/mol. The standard InChI is InChI=1S/C10H11FN2O4S/c1-17-9-2-3-12-5-8(9)13-6-7(4-10(13)14)18(11,15)16/h2-3,5,7H,4,6H2,1H3.